The monoisotopic (exact) mass is 408 g/mol. The van der Waals surface area contributed by atoms with Crippen molar-refractivity contribution in [3.63, 3.8) is 0 Å². The number of Topliss-reactive ketones (excluding diaryl/α,β-unsaturated/α-hetero) is 2. The number of hydrogen-bond acceptors (Lipinski definition) is 5. The van der Waals surface area contributed by atoms with Crippen molar-refractivity contribution in [2.45, 2.75) is 39.2 Å². The molecule has 0 amide bonds. The highest BCUT2D eigenvalue weighted by molar-refractivity contribution is 7.15. The van der Waals surface area contributed by atoms with Crippen molar-refractivity contribution >= 4 is 22.9 Å². The van der Waals surface area contributed by atoms with Gasteiger partial charge in [0.15, 0.2) is 11.6 Å². The van der Waals surface area contributed by atoms with E-state index in [1.54, 1.807) is 6.07 Å². The third-order valence-corrected chi connectivity index (χ3v) is 6.06. The number of ketones is 2. The number of rotatable bonds is 7. The maximum absolute atomic E-state index is 12.9. The molecule has 0 radical (unpaired) electrons. The summed E-state index contributed by atoms with van der Waals surface area (Å²) in [7, 11) is 0. The third-order valence-electron chi connectivity index (χ3n) is 5.02. The van der Waals surface area contributed by atoms with Gasteiger partial charge >= 0.3 is 0 Å². The molecule has 150 valence electrons. The first-order valence-electron chi connectivity index (χ1n) is 9.92. The number of thiazole rings is 1. The highest BCUT2D eigenvalue weighted by Crippen LogP contribution is 2.31. The van der Waals surface area contributed by atoms with Gasteiger partial charge < -0.3 is 9.30 Å². The molecule has 1 atom stereocenters. The minimum atomic E-state index is -0.276. The van der Waals surface area contributed by atoms with Gasteiger partial charge in [-0.2, -0.15) is 0 Å². The SMILES string of the molecule is CC(C)COc1ccc(-c2cnc(CC(=O)C3CCC(=O)c4cccn43)s2)cc1. The minimum absolute atomic E-state index is 0.105. The van der Waals surface area contributed by atoms with Crippen molar-refractivity contribution in [1.29, 1.82) is 0 Å². The highest BCUT2D eigenvalue weighted by Gasteiger charge is 2.29. The fourth-order valence-electron chi connectivity index (χ4n) is 3.52. The molecule has 0 saturated carbocycles. The number of nitrogens with zero attached hydrogens (tertiary/aromatic N) is 2. The predicted molar refractivity (Wildman–Crippen MR) is 114 cm³/mol. The van der Waals surface area contributed by atoms with Crippen LogP contribution in [-0.4, -0.2) is 27.7 Å². The van der Waals surface area contributed by atoms with Crippen LogP contribution in [-0.2, 0) is 11.2 Å². The summed E-state index contributed by atoms with van der Waals surface area (Å²) in [6.45, 7) is 4.94. The van der Waals surface area contributed by atoms with E-state index in [9.17, 15) is 9.59 Å². The summed E-state index contributed by atoms with van der Waals surface area (Å²) in [5, 5.41) is 0.802. The zero-order valence-electron chi connectivity index (χ0n) is 16.6. The van der Waals surface area contributed by atoms with Crippen molar-refractivity contribution < 1.29 is 14.3 Å². The average Bonchev–Trinajstić information content (AvgIpc) is 3.37. The van der Waals surface area contributed by atoms with Gasteiger partial charge in [-0.05, 0) is 54.3 Å². The van der Waals surface area contributed by atoms with Crippen LogP contribution in [0.5, 0.6) is 5.75 Å². The van der Waals surface area contributed by atoms with Crippen molar-refractivity contribution in [2.75, 3.05) is 6.61 Å². The molecule has 3 heterocycles. The van der Waals surface area contributed by atoms with Gasteiger partial charge in [0.2, 0.25) is 0 Å². The van der Waals surface area contributed by atoms with Crippen LogP contribution in [0.1, 0.15) is 48.2 Å². The number of ether oxygens (including phenoxy) is 1. The molecule has 0 bridgehead atoms. The molecule has 0 aliphatic carbocycles. The van der Waals surface area contributed by atoms with Crippen molar-refractivity contribution in [2.24, 2.45) is 5.92 Å². The van der Waals surface area contributed by atoms with E-state index in [4.69, 9.17) is 4.74 Å². The van der Waals surface area contributed by atoms with E-state index >= 15 is 0 Å². The fourth-order valence-corrected chi connectivity index (χ4v) is 4.46. The maximum atomic E-state index is 12.9. The molecule has 6 heteroatoms. The smallest absolute Gasteiger partial charge is 0.179 e. The largest absolute Gasteiger partial charge is 0.493 e. The van der Waals surface area contributed by atoms with Crippen LogP contribution in [0, 0.1) is 5.92 Å². The lowest BCUT2D eigenvalue weighted by Crippen LogP contribution is -2.28. The molecule has 0 N–H and O–H groups in total. The van der Waals surface area contributed by atoms with Crippen molar-refractivity contribution in [3.05, 3.63) is 59.5 Å². The average molecular weight is 409 g/mol. The Kier molecular flexibility index (Phi) is 5.62. The molecule has 0 spiro atoms. The molecule has 29 heavy (non-hydrogen) atoms. The summed E-state index contributed by atoms with van der Waals surface area (Å²) in [6.07, 6.45) is 4.93. The maximum Gasteiger partial charge on any atom is 0.179 e. The van der Waals surface area contributed by atoms with Crippen molar-refractivity contribution in [1.82, 2.24) is 9.55 Å². The first kappa shape index (κ1) is 19.6. The second-order valence-corrected chi connectivity index (χ2v) is 8.88. The Bertz CT molecular complexity index is 1020. The van der Waals surface area contributed by atoms with Crippen LogP contribution in [0.4, 0.5) is 0 Å². The van der Waals surface area contributed by atoms with Crippen LogP contribution >= 0.6 is 11.3 Å². The molecule has 5 nitrogen and oxygen atoms in total. The van der Waals surface area contributed by atoms with E-state index < -0.39 is 0 Å². The van der Waals surface area contributed by atoms with E-state index in [1.807, 2.05) is 47.3 Å². The summed E-state index contributed by atoms with van der Waals surface area (Å²) in [5.74, 6) is 1.56. The number of carbonyl (C=O) groups excluding carboxylic acids is 2. The zero-order chi connectivity index (χ0) is 20.4. The Hall–Kier alpha value is -2.73. The summed E-state index contributed by atoms with van der Waals surface area (Å²) >= 11 is 1.54. The van der Waals surface area contributed by atoms with Crippen LogP contribution in [0.2, 0.25) is 0 Å². The fraction of sp³-hybridized carbons (Fsp3) is 0.348. The van der Waals surface area contributed by atoms with Crippen LogP contribution in [0.25, 0.3) is 10.4 Å². The lowest BCUT2D eigenvalue weighted by atomic mass is 9.97. The molecule has 1 aliphatic rings. The quantitative estimate of drug-likeness (QED) is 0.553. The lowest BCUT2D eigenvalue weighted by molar-refractivity contribution is -0.121. The first-order valence-corrected chi connectivity index (χ1v) is 10.7. The molecular formula is C23H24N2O3S. The number of benzene rings is 1. The highest BCUT2D eigenvalue weighted by atomic mass is 32.1. The Morgan fingerprint density at radius 2 is 2.07 bits per heavy atom. The molecule has 1 aromatic carbocycles. The summed E-state index contributed by atoms with van der Waals surface area (Å²) < 4.78 is 7.55. The van der Waals surface area contributed by atoms with Gasteiger partial charge in [0.05, 0.1) is 29.6 Å². The number of hydrogen-bond donors (Lipinski definition) is 0. The molecule has 4 rings (SSSR count). The van der Waals surface area contributed by atoms with Gasteiger partial charge in [0, 0.05) is 18.8 Å². The van der Waals surface area contributed by atoms with E-state index in [1.165, 1.54) is 11.3 Å². The Morgan fingerprint density at radius 3 is 2.83 bits per heavy atom. The molecule has 0 fully saturated rings. The number of fused-ring (bicyclic) bond motifs is 1. The minimum Gasteiger partial charge on any atom is -0.493 e. The summed E-state index contributed by atoms with van der Waals surface area (Å²) in [6, 6.07) is 11.3. The predicted octanol–water partition coefficient (Wildman–Crippen LogP) is 4.98. The molecule has 1 unspecified atom stereocenters. The molecule has 2 aromatic heterocycles. The van der Waals surface area contributed by atoms with Crippen LogP contribution < -0.4 is 4.74 Å². The standard InChI is InChI=1S/C23H24N2O3S/c1-15(2)14-28-17-7-5-16(6-8-17)22-13-24-23(29-22)12-21(27)19-9-10-20(26)18-4-3-11-25(18)19/h3-8,11,13,15,19H,9-10,12,14H2,1-2H3. The van der Waals surface area contributed by atoms with Gasteiger partial charge in [-0.3, -0.25) is 9.59 Å². The zero-order valence-corrected chi connectivity index (χ0v) is 17.4. The van der Waals surface area contributed by atoms with Gasteiger partial charge in [-0.1, -0.05) is 13.8 Å². The number of aromatic nitrogens is 2. The van der Waals surface area contributed by atoms with Crippen LogP contribution in [0.3, 0.4) is 0 Å². The molecule has 3 aromatic rings. The van der Waals surface area contributed by atoms with E-state index in [-0.39, 0.29) is 24.0 Å². The topological polar surface area (TPSA) is 61.2 Å². The first-order chi connectivity index (χ1) is 14.0. The Morgan fingerprint density at radius 1 is 1.28 bits per heavy atom. The van der Waals surface area contributed by atoms with Gasteiger partial charge in [0.25, 0.3) is 0 Å². The Balaban J connectivity index is 1.43. The molecule has 1 aliphatic heterocycles. The van der Waals surface area contributed by atoms with Gasteiger partial charge in [-0.25, -0.2) is 4.98 Å². The lowest BCUT2D eigenvalue weighted by Gasteiger charge is -2.24. The van der Waals surface area contributed by atoms with Gasteiger partial charge in [-0.15, -0.1) is 11.3 Å². The second kappa shape index (κ2) is 8.33. The summed E-state index contributed by atoms with van der Waals surface area (Å²) in [5.41, 5.74) is 1.70. The van der Waals surface area contributed by atoms with E-state index in [0.29, 0.717) is 31.1 Å². The molecular weight excluding hydrogens is 384 g/mol. The summed E-state index contributed by atoms with van der Waals surface area (Å²) in [4.78, 5) is 30.3. The van der Waals surface area contributed by atoms with Gasteiger partial charge in [0.1, 0.15) is 10.8 Å². The normalized spacial score (nSPS) is 16.1. The van der Waals surface area contributed by atoms with E-state index in [2.05, 4.69) is 18.8 Å². The van der Waals surface area contributed by atoms with Crippen LogP contribution in [0.15, 0.2) is 48.8 Å². The number of carbonyl (C=O) groups is 2. The van der Waals surface area contributed by atoms with E-state index in [0.717, 1.165) is 21.2 Å². The Labute approximate surface area is 174 Å². The third kappa shape index (κ3) is 4.32. The van der Waals surface area contributed by atoms with Crippen molar-refractivity contribution in [3.8, 4) is 16.2 Å². The second-order valence-electron chi connectivity index (χ2n) is 7.77. The molecule has 0 saturated heterocycles.